The first kappa shape index (κ1) is 19.7. The molecule has 2 saturated heterocycles. The highest BCUT2D eigenvalue weighted by atomic mass is 19.1. The van der Waals surface area contributed by atoms with Crippen LogP contribution in [0, 0.1) is 5.82 Å². The van der Waals surface area contributed by atoms with Crippen LogP contribution in [-0.2, 0) is 4.79 Å². The van der Waals surface area contributed by atoms with Gasteiger partial charge in [-0.3, -0.25) is 4.40 Å². The number of pyridine rings is 1. The fourth-order valence-corrected chi connectivity index (χ4v) is 4.37. The third-order valence-electron chi connectivity index (χ3n) is 5.89. The average molecular weight is 425 g/mol. The minimum atomic E-state index is -0.861. The number of rotatable bonds is 5. The van der Waals surface area contributed by atoms with Gasteiger partial charge in [0.1, 0.15) is 34.8 Å². The van der Waals surface area contributed by atoms with Crippen LogP contribution < -0.4 is 15.5 Å². The highest BCUT2D eigenvalue weighted by molar-refractivity contribution is 5.79. The van der Waals surface area contributed by atoms with Crippen molar-refractivity contribution in [1.82, 2.24) is 24.7 Å². The van der Waals surface area contributed by atoms with Gasteiger partial charge in [-0.15, -0.1) is 0 Å². The third-order valence-corrected chi connectivity index (χ3v) is 5.89. The van der Waals surface area contributed by atoms with Gasteiger partial charge >= 0.3 is 5.97 Å². The zero-order chi connectivity index (χ0) is 21.4. The van der Waals surface area contributed by atoms with Crippen molar-refractivity contribution >= 4 is 23.3 Å². The number of imidazole rings is 1. The summed E-state index contributed by atoms with van der Waals surface area (Å²) in [5, 5.41) is 16.5. The van der Waals surface area contributed by atoms with Gasteiger partial charge in [0.05, 0.1) is 6.20 Å². The lowest BCUT2D eigenvalue weighted by molar-refractivity contribution is -0.138. The standard InChI is InChI=1S/C21H24FN7O2/c22-13-5-6-18-24-11-16(29(18)12-13)20-26-17(25-14-3-1-7-23-10-14)9-19(27-20)28-8-2-4-15(28)21(30)31/h5-6,9,11-12,14-15,23H,1-4,7-8,10H2,(H,30,31)(H,25,26,27)/t14-,15+/m1/s1. The summed E-state index contributed by atoms with van der Waals surface area (Å²) in [7, 11) is 0. The van der Waals surface area contributed by atoms with Crippen LogP contribution in [0.2, 0.25) is 0 Å². The van der Waals surface area contributed by atoms with Gasteiger partial charge in [0.25, 0.3) is 0 Å². The fraction of sp³-hybridized carbons (Fsp3) is 0.429. The summed E-state index contributed by atoms with van der Waals surface area (Å²) < 4.78 is 15.5. The van der Waals surface area contributed by atoms with Crippen LogP contribution in [0.1, 0.15) is 25.7 Å². The van der Waals surface area contributed by atoms with Gasteiger partial charge in [-0.25, -0.2) is 24.1 Å². The van der Waals surface area contributed by atoms with E-state index in [0.29, 0.717) is 41.8 Å². The summed E-state index contributed by atoms with van der Waals surface area (Å²) in [6, 6.07) is 4.36. The molecule has 2 atom stereocenters. The minimum Gasteiger partial charge on any atom is -0.480 e. The molecule has 0 aliphatic carbocycles. The molecule has 0 spiro atoms. The monoisotopic (exact) mass is 425 g/mol. The lowest BCUT2D eigenvalue weighted by Gasteiger charge is -2.26. The maximum atomic E-state index is 13.9. The number of carboxylic acids is 1. The topological polar surface area (TPSA) is 108 Å². The number of nitrogens with zero attached hydrogens (tertiary/aromatic N) is 5. The fourth-order valence-electron chi connectivity index (χ4n) is 4.37. The molecule has 5 heterocycles. The summed E-state index contributed by atoms with van der Waals surface area (Å²) in [5.74, 6) is 0.294. The van der Waals surface area contributed by atoms with E-state index in [9.17, 15) is 14.3 Å². The van der Waals surface area contributed by atoms with E-state index in [1.54, 1.807) is 16.7 Å². The van der Waals surface area contributed by atoms with Crippen molar-refractivity contribution < 1.29 is 14.3 Å². The van der Waals surface area contributed by atoms with Crippen molar-refractivity contribution in [3.8, 4) is 11.5 Å². The van der Waals surface area contributed by atoms with Crippen molar-refractivity contribution in [2.45, 2.75) is 37.8 Å². The zero-order valence-corrected chi connectivity index (χ0v) is 17.0. The average Bonchev–Trinajstić information content (AvgIpc) is 3.41. The Hall–Kier alpha value is -3.27. The Bertz CT molecular complexity index is 1110. The number of fused-ring (bicyclic) bond motifs is 1. The van der Waals surface area contributed by atoms with Gasteiger partial charge in [0.15, 0.2) is 5.82 Å². The Balaban J connectivity index is 1.58. The first-order chi connectivity index (χ1) is 15.1. The molecule has 3 aromatic heterocycles. The maximum Gasteiger partial charge on any atom is 0.326 e. The molecule has 9 nitrogen and oxygen atoms in total. The molecule has 162 valence electrons. The number of anilines is 2. The second-order valence-corrected chi connectivity index (χ2v) is 8.03. The van der Waals surface area contributed by atoms with Crippen LogP contribution in [0.3, 0.4) is 0 Å². The van der Waals surface area contributed by atoms with E-state index >= 15 is 0 Å². The first-order valence-corrected chi connectivity index (χ1v) is 10.6. The zero-order valence-electron chi connectivity index (χ0n) is 17.0. The Kier molecular flexibility index (Phi) is 5.14. The van der Waals surface area contributed by atoms with Gasteiger partial charge in [-0.1, -0.05) is 0 Å². The van der Waals surface area contributed by atoms with E-state index in [1.165, 1.54) is 12.3 Å². The van der Waals surface area contributed by atoms with Crippen molar-refractivity contribution in [3.05, 3.63) is 36.4 Å². The van der Waals surface area contributed by atoms with E-state index in [-0.39, 0.29) is 11.9 Å². The number of piperidine rings is 1. The predicted octanol–water partition coefficient (Wildman–Crippen LogP) is 2.15. The van der Waals surface area contributed by atoms with Crippen molar-refractivity contribution in [1.29, 1.82) is 0 Å². The molecule has 10 heteroatoms. The first-order valence-electron chi connectivity index (χ1n) is 10.6. The van der Waals surface area contributed by atoms with Gasteiger partial charge in [-0.2, -0.15) is 0 Å². The molecular formula is C21H24FN7O2. The normalized spacial score (nSPS) is 21.5. The highest BCUT2D eigenvalue weighted by Crippen LogP contribution is 2.29. The van der Waals surface area contributed by atoms with Gasteiger partial charge in [0.2, 0.25) is 0 Å². The number of aliphatic carboxylic acids is 1. The number of carboxylic acid groups (broad SMARTS) is 1. The number of halogens is 1. The predicted molar refractivity (Wildman–Crippen MR) is 114 cm³/mol. The van der Waals surface area contributed by atoms with E-state index in [2.05, 4.69) is 25.6 Å². The quantitative estimate of drug-likeness (QED) is 0.571. The summed E-state index contributed by atoms with van der Waals surface area (Å²) in [6.07, 6.45) is 6.41. The second-order valence-electron chi connectivity index (χ2n) is 8.03. The number of nitrogens with one attached hydrogen (secondary N) is 2. The van der Waals surface area contributed by atoms with Crippen LogP contribution in [0.4, 0.5) is 16.0 Å². The Labute approximate surface area is 178 Å². The minimum absolute atomic E-state index is 0.220. The third kappa shape index (κ3) is 3.90. The molecule has 0 aromatic carbocycles. The molecule has 0 bridgehead atoms. The van der Waals surface area contributed by atoms with Crippen LogP contribution in [-0.4, -0.2) is 62.1 Å². The van der Waals surface area contributed by atoms with Gasteiger partial charge in [-0.05, 0) is 44.4 Å². The molecule has 3 aromatic rings. The molecule has 31 heavy (non-hydrogen) atoms. The largest absolute Gasteiger partial charge is 0.480 e. The van der Waals surface area contributed by atoms with E-state index in [0.717, 1.165) is 32.4 Å². The molecule has 2 aliphatic heterocycles. The molecular weight excluding hydrogens is 401 g/mol. The van der Waals surface area contributed by atoms with Crippen LogP contribution in [0.5, 0.6) is 0 Å². The molecule has 0 radical (unpaired) electrons. The van der Waals surface area contributed by atoms with E-state index < -0.39 is 12.0 Å². The molecule has 2 fully saturated rings. The Morgan fingerprint density at radius 1 is 1.26 bits per heavy atom. The molecule has 3 N–H and O–H groups in total. The van der Waals surface area contributed by atoms with Gasteiger partial charge in [0, 0.05) is 31.4 Å². The number of hydrogen-bond donors (Lipinski definition) is 3. The lowest BCUT2D eigenvalue weighted by atomic mass is 10.1. The maximum absolute atomic E-state index is 13.9. The lowest BCUT2D eigenvalue weighted by Crippen LogP contribution is -2.39. The Morgan fingerprint density at radius 2 is 2.16 bits per heavy atom. The molecule has 0 saturated carbocycles. The Morgan fingerprint density at radius 3 is 2.97 bits per heavy atom. The van der Waals surface area contributed by atoms with E-state index in [1.807, 2.05) is 11.0 Å². The number of carbonyl (C=O) groups is 1. The SMILES string of the molecule is O=C(O)[C@@H]1CCCN1c1cc(N[C@@H]2CCCNC2)nc(-c2cnc3ccc(F)cn23)n1. The van der Waals surface area contributed by atoms with Crippen molar-refractivity contribution in [3.63, 3.8) is 0 Å². The molecule has 2 aliphatic rings. The number of hydrogen-bond acceptors (Lipinski definition) is 7. The van der Waals surface area contributed by atoms with Gasteiger partial charge < -0.3 is 20.6 Å². The highest BCUT2D eigenvalue weighted by Gasteiger charge is 2.32. The van der Waals surface area contributed by atoms with Crippen molar-refractivity contribution in [2.75, 3.05) is 29.9 Å². The summed E-state index contributed by atoms with van der Waals surface area (Å²) in [5.41, 5.74) is 1.13. The summed E-state index contributed by atoms with van der Waals surface area (Å²) in [4.78, 5) is 27.2. The van der Waals surface area contributed by atoms with E-state index in [4.69, 9.17) is 0 Å². The molecule has 0 amide bonds. The van der Waals surface area contributed by atoms with Crippen LogP contribution in [0.25, 0.3) is 17.2 Å². The molecule has 5 rings (SSSR count). The van der Waals surface area contributed by atoms with Crippen molar-refractivity contribution in [2.24, 2.45) is 0 Å². The smallest absolute Gasteiger partial charge is 0.326 e. The molecule has 0 unspecified atom stereocenters. The summed E-state index contributed by atoms with van der Waals surface area (Å²) >= 11 is 0. The van der Waals surface area contributed by atoms with Crippen LogP contribution in [0.15, 0.2) is 30.6 Å². The second kappa shape index (κ2) is 8.10. The number of aromatic nitrogens is 4. The van der Waals surface area contributed by atoms with Crippen LogP contribution >= 0.6 is 0 Å². The summed E-state index contributed by atoms with van der Waals surface area (Å²) in [6.45, 7) is 2.44.